The predicted octanol–water partition coefficient (Wildman–Crippen LogP) is 6.15. The van der Waals surface area contributed by atoms with Gasteiger partial charge in [0, 0.05) is 27.1 Å². The first-order chi connectivity index (χ1) is 13.7. The lowest BCUT2D eigenvalue weighted by Gasteiger charge is -2.10. The second-order valence-electron chi connectivity index (χ2n) is 6.29. The molecule has 4 aromatic rings. The molecule has 0 heterocycles. The average Bonchev–Trinajstić information content (AvgIpc) is 2.74. The van der Waals surface area contributed by atoms with Crippen LogP contribution in [0.2, 0.25) is 5.02 Å². The summed E-state index contributed by atoms with van der Waals surface area (Å²) < 4.78 is 0. The van der Waals surface area contributed by atoms with E-state index in [9.17, 15) is 4.79 Å². The number of carbonyl (C=O) groups excluding carboxylic acids is 1. The molecule has 0 atom stereocenters. The summed E-state index contributed by atoms with van der Waals surface area (Å²) in [6, 6.07) is 28.4. The fourth-order valence-electron chi connectivity index (χ4n) is 3.01. The number of nitrogens with one attached hydrogen (secondary N) is 1. The van der Waals surface area contributed by atoms with Gasteiger partial charge in [-0.2, -0.15) is 0 Å². The molecule has 0 radical (unpaired) electrons. The Morgan fingerprint density at radius 3 is 2.21 bits per heavy atom. The number of halogens is 1. The van der Waals surface area contributed by atoms with Crippen molar-refractivity contribution < 1.29 is 4.79 Å². The molecule has 1 N–H and O–H groups in total. The standard InChI is InChI=1S/C25H16ClNO/c26-22-16-13-18(14-17-22)12-15-20-9-4-8-19-10-5-11-23(24(19)20)27-25(28)21-6-2-1-3-7-21/h1-11,13-14,16-17H,(H,27,28). The minimum atomic E-state index is -0.145. The van der Waals surface area contributed by atoms with E-state index < -0.39 is 0 Å². The van der Waals surface area contributed by atoms with E-state index in [1.54, 1.807) is 12.1 Å². The Labute approximate surface area is 168 Å². The molecule has 3 heteroatoms. The Morgan fingerprint density at radius 2 is 1.46 bits per heavy atom. The first-order valence-corrected chi connectivity index (χ1v) is 9.24. The smallest absolute Gasteiger partial charge is 0.255 e. The molecular weight excluding hydrogens is 366 g/mol. The highest BCUT2D eigenvalue weighted by atomic mass is 35.5. The van der Waals surface area contributed by atoms with Crippen LogP contribution in [0.4, 0.5) is 5.69 Å². The summed E-state index contributed by atoms with van der Waals surface area (Å²) in [6.07, 6.45) is 0. The third-order valence-corrected chi connectivity index (χ3v) is 4.63. The molecule has 0 aliphatic rings. The highest BCUT2D eigenvalue weighted by molar-refractivity contribution is 6.30. The molecule has 134 valence electrons. The topological polar surface area (TPSA) is 29.1 Å². The molecule has 4 aromatic carbocycles. The molecule has 28 heavy (non-hydrogen) atoms. The normalized spacial score (nSPS) is 10.2. The summed E-state index contributed by atoms with van der Waals surface area (Å²) in [5.41, 5.74) is 3.10. The lowest BCUT2D eigenvalue weighted by Crippen LogP contribution is -2.12. The van der Waals surface area contributed by atoms with Crippen LogP contribution in [0.3, 0.4) is 0 Å². The lowest BCUT2D eigenvalue weighted by molar-refractivity contribution is 0.102. The van der Waals surface area contributed by atoms with Gasteiger partial charge in [0.25, 0.3) is 5.91 Å². The van der Waals surface area contributed by atoms with Gasteiger partial charge < -0.3 is 5.32 Å². The van der Waals surface area contributed by atoms with E-state index in [0.29, 0.717) is 10.6 Å². The number of amides is 1. The highest BCUT2D eigenvalue weighted by Crippen LogP contribution is 2.27. The fourth-order valence-corrected chi connectivity index (χ4v) is 3.13. The van der Waals surface area contributed by atoms with E-state index in [1.807, 2.05) is 78.9 Å². The Balaban J connectivity index is 1.74. The first kappa shape index (κ1) is 17.9. The van der Waals surface area contributed by atoms with Crippen LogP contribution in [0.5, 0.6) is 0 Å². The van der Waals surface area contributed by atoms with Crippen molar-refractivity contribution in [3.05, 3.63) is 113 Å². The predicted molar refractivity (Wildman–Crippen MR) is 116 cm³/mol. The van der Waals surface area contributed by atoms with Crippen LogP contribution < -0.4 is 5.32 Å². The van der Waals surface area contributed by atoms with Gasteiger partial charge in [0.15, 0.2) is 0 Å². The van der Waals surface area contributed by atoms with Crippen molar-refractivity contribution >= 4 is 34.0 Å². The van der Waals surface area contributed by atoms with E-state index in [1.165, 1.54) is 0 Å². The van der Waals surface area contributed by atoms with Crippen LogP contribution in [0.15, 0.2) is 91.0 Å². The molecule has 0 bridgehead atoms. The maximum Gasteiger partial charge on any atom is 0.255 e. The van der Waals surface area contributed by atoms with Gasteiger partial charge in [-0.1, -0.05) is 65.9 Å². The monoisotopic (exact) mass is 381 g/mol. The first-order valence-electron chi connectivity index (χ1n) is 8.86. The maximum absolute atomic E-state index is 12.6. The number of rotatable bonds is 2. The average molecular weight is 382 g/mol. The maximum atomic E-state index is 12.6. The third-order valence-electron chi connectivity index (χ3n) is 4.37. The quantitative estimate of drug-likeness (QED) is 0.415. The van der Waals surface area contributed by atoms with E-state index in [-0.39, 0.29) is 5.91 Å². The minimum absolute atomic E-state index is 0.145. The summed E-state index contributed by atoms with van der Waals surface area (Å²) in [7, 11) is 0. The Kier molecular flexibility index (Phi) is 5.10. The van der Waals surface area contributed by atoms with Crippen molar-refractivity contribution in [1.82, 2.24) is 0 Å². The van der Waals surface area contributed by atoms with Crippen LogP contribution in [-0.2, 0) is 0 Å². The molecular formula is C25H16ClNO. The second kappa shape index (κ2) is 8.00. The summed E-state index contributed by atoms with van der Waals surface area (Å²) in [6.45, 7) is 0. The van der Waals surface area contributed by atoms with Gasteiger partial charge in [0.1, 0.15) is 0 Å². The Hall–Kier alpha value is -3.54. The van der Waals surface area contributed by atoms with Crippen molar-refractivity contribution in [2.24, 2.45) is 0 Å². The molecule has 0 spiro atoms. The Morgan fingerprint density at radius 1 is 0.750 bits per heavy atom. The van der Waals surface area contributed by atoms with E-state index in [4.69, 9.17) is 11.6 Å². The Bertz CT molecular complexity index is 1200. The van der Waals surface area contributed by atoms with E-state index >= 15 is 0 Å². The number of carbonyl (C=O) groups is 1. The second-order valence-corrected chi connectivity index (χ2v) is 6.72. The van der Waals surface area contributed by atoms with Gasteiger partial charge in [0.2, 0.25) is 0 Å². The van der Waals surface area contributed by atoms with Gasteiger partial charge in [0.05, 0.1) is 5.69 Å². The van der Waals surface area contributed by atoms with Crippen LogP contribution in [0.1, 0.15) is 21.5 Å². The molecule has 0 aromatic heterocycles. The van der Waals surface area contributed by atoms with Crippen LogP contribution in [0, 0.1) is 11.8 Å². The van der Waals surface area contributed by atoms with Crippen LogP contribution in [-0.4, -0.2) is 5.91 Å². The number of hydrogen-bond acceptors (Lipinski definition) is 1. The molecule has 0 aliphatic carbocycles. The summed E-state index contributed by atoms with van der Waals surface area (Å²) in [4.78, 5) is 12.6. The van der Waals surface area contributed by atoms with E-state index in [2.05, 4.69) is 17.2 Å². The van der Waals surface area contributed by atoms with Gasteiger partial charge in [-0.3, -0.25) is 4.79 Å². The number of fused-ring (bicyclic) bond motifs is 1. The lowest BCUT2D eigenvalue weighted by atomic mass is 10.0. The van der Waals surface area contributed by atoms with Crippen LogP contribution in [0.25, 0.3) is 10.8 Å². The fraction of sp³-hybridized carbons (Fsp3) is 0. The van der Waals surface area contributed by atoms with Gasteiger partial charge >= 0.3 is 0 Å². The highest BCUT2D eigenvalue weighted by Gasteiger charge is 2.10. The molecule has 0 unspecified atom stereocenters. The van der Waals surface area contributed by atoms with Crippen molar-refractivity contribution in [3.8, 4) is 11.8 Å². The molecule has 2 nitrogen and oxygen atoms in total. The van der Waals surface area contributed by atoms with Gasteiger partial charge in [-0.15, -0.1) is 0 Å². The minimum Gasteiger partial charge on any atom is -0.321 e. The molecule has 1 amide bonds. The van der Waals surface area contributed by atoms with Gasteiger partial charge in [-0.05, 0) is 53.9 Å². The molecule has 0 saturated heterocycles. The third kappa shape index (κ3) is 3.91. The number of hydrogen-bond donors (Lipinski definition) is 1. The van der Waals surface area contributed by atoms with Crippen molar-refractivity contribution in [2.75, 3.05) is 5.32 Å². The summed E-state index contributed by atoms with van der Waals surface area (Å²) >= 11 is 5.94. The van der Waals surface area contributed by atoms with E-state index in [0.717, 1.165) is 27.6 Å². The number of anilines is 1. The van der Waals surface area contributed by atoms with Crippen molar-refractivity contribution in [3.63, 3.8) is 0 Å². The zero-order chi connectivity index (χ0) is 19.3. The molecule has 0 saturated carbocycles. The SMILES string of the molecule is O=C(Nc1cccc2cccc(C#Cc3ccc(Cl)cc3)c12)c1ccccc1. The molecule has 0 fully saturated rings. The number of benzene rings is 4. The van der Waals surface area contributed by atoms with Crippen molar-refractivity contribution in [1.29, 1.82) is 0 Å². The van der Waals surface area contributed by atoms with Crippen molar-refractivity contribution in [2.45, 2.75) is 0 Å². The van der Waals surface area contributed by atoms with Crippen LogP contribution >= 0.6 is 11.6 Å². The van der Waals surface area contributed by atoms with Gasteiger partial charge in [-0.25, -0.2) is 0 Å². The summed E-state index contributed by atoms with van der Waals surface area (Å²) in [5, 5.41) is 5.65. The molecule has 0 aliphatic heterocycles. The zero-order valence-corrected chi connectivity index (χ0v) is 15.7. The zero-order valence-electron chi connectivity index (χ0n) is 14.9. The largest absolute Gasteiger partial charge is 0.321 e. The summed E-state index contributed by atoms with van der Waals surface area (Å²) in [5.74, 6) is 6.26. The molecule has 4 rings (SSSR count).